The summed E-state index contributed by atoms with van der Waals surface area (Å²) in [5, 5.41) is 0. The molecule has 0 aromatic heterocycles. The van der Waals surface area contributed by atoms with Crippen molar-refractivity contribution in [3.63, 3.8) is 0 Å². The molecule has 0 atom stereocenters. The SMILES string of the molecule is COC1(OC)C=C(c2ccc(Sc3ccccc3)cc2)C(OC)(OC)C=C1Sc1ccccc1. The number of benzene rings is 3. The van der Waals surface area contributed by atoms with Gasteiger partial charge in [0.15, 0.2) is 0 Å². The van der Waals surface area contributed by atoms with Crippen LogP contribution in [0, 0.1) is 0 Å². The van der Waals surface area contributed by atoms with Gasteiger partial charge in [-0.25, -0.2) is 0 Å². The first kappa shape index (κ1) is 24.8. The molecule has 176 valence electrons. The first-order chi connectivity index (χ1) is 16.6. The normalized spacial score (nSPS) is 16.6. The van der Waals surface area contributed by atoms with Crippen LogP contribution in [0.1, 0.15) is 5.56 Å². The molecule has 0 fully saturated rings. The van der Waals surface area contributed by atoms with E-state index in [1.165, 1.54) is 4.90 Å². The fraction of sp³-hybridized carbons (Fsp3) is 0.214. The zero-order chi connectivity index (χ0) is 24.0. The maximum Gasteiger partial charge on any atom is 0.221 e. The third kappa shape index (κ3) is 5.03. The number of ether oxygens (including phenoxy) is 4. The molecule has 4 rings (SSSR count). The third-order valence-corrected chi connectivity index (χ3v) is 7.85. The van der Waals surface area contributed by atoms with Crippen LogP contribution in [-0.2, 0) is 18.9 Å². The van der Waals surface area contributed by atoms with Crippen molar-refractivity contribution in [2.24, 2.45) is 0 Å². The maximum atomic E-state index is 5.97. The average Bonchev–Trinajstić information content (AvgIpc) is 2.90. The van der Waals surface area contributed by atoms with Crippen LogP contribution in [0.5, 0.6) is 0 Å². The van der Waals surface area contributed by atoms with Gasteiger partial charge in [-0.3, -0.25) is 0 Å². The van der Waals surface area contributed by atoms with Gasteiger partial charge in [0.1, 0.15) is 0 Å². The summed E-state index contributed by atoms with van der Waals surface area (Å²) in [6.45, 7) is 0. The second kappa shape index (κ2) is 11.0. The molecule has 0 saturated heterocycles. The predicted octanol–water partition coefficient (Wildman–Crippen LogP) is 6.89. The molecule has 0 heterocycles. The van der Waals surface area contributed by atoms with E-state index in [-0.39, 0.29) is 0 Å². The Morgan fingerprint density at radius 3 is 1.47 bits per heavy atom. The highest BCUT2D eigenvalue weighted by Gasteiger charge is 2.46. The number of hydrogen-bond acceptors (Lipinski definition) is 6. The van der Waals surface area contributed by atoms with E-state index in [2.05, 4.69) is 36.4 Å². The summed E-state index contributed by atoms with van der Waals surface area (Å²) >= 11 is 3.28. The van der Waals surface area contributed by atoms with Crippen LogP contribution in [0.15, 0.2) is 117 Å². The Balaban J connectivity index is 1.72. The lowest BCUT2D eigenvalue weighted by Crippen LogP contribution is -2.44. The highest BCUT2D eigenvalue weighted by Crippen LogP contribution is 2.48. The summed E-state index contributed by atoms with van der Waals surface area (Å²) < 4.78 is 23.8. The second-order valence-electron chi connectivity index (χ2n) is 7.57. The van der Waals surface area contributed by atoms with E-state index in [1.807, 2.05) is 60.7 Å². The molecule has 0 saturated carbocycles. The Kier molecular flexibility index (Phi) is 7.99. The lowest BCUT2D eigenvalue weighted by molar-refractivity contribution is -0.156. The van der Waals surface area contributed by atoms with Gasteiger partial charge in [0, 0.05) is 48.7 Å². The summed E-state index contributed by atoms with van der Waals surface area (Å²) in [5.74, 6) is -2.17. The smallest absolute Gasteiger partial charge is 0.221 e. The molecule has 3 aromatic carbocycles. The Labute approximate surface area is 210 Å². The zero-order valence-corrected chi connectivity index (χ0v) is 21.3. The molecule has 0 amide bonds. The largest absolute Gasteiger partial charge is 0.346 e. The number of rotatable bonds is 9. The Morgan fingerprint density at radius 1 is 0.500 bits per heavy atom. The van der Waals surface area contributed by atoms with Gasteiger partial charge in [-0.05, 0) is 54.1 Å². The summed E-state index contributed by atoms with van der Waals surface area (Å²) in [6, 6.07) is 28.8. The summed E-state index contributed by atoms with van der Waals surface area (Å²) in [6.07, 6.45) is 3.89. The molecular weight excluding hydrogens is 464 g/mol. The van der Waals surface area contributed by atoms with Crippen LogP contribution in [0.25, 0.3) is 5.57 Å². The summed E-state index contributed by atoms with van der Waals surface area (Å²) in [4.78, 5) is 4.23. The van der Waals surface area contributed by atoms with Crippen molar-refractivity contribution in [1.29, 1.82) is 0 Å². The minimum Gasteiger partial charge on any atom is -0.346 e. The van der Waals surface area contributed by atoms with Gasteiger partial charge in [0.25, 0.3) is 0 Å². The molecule has 1 aliphatic rings. The third-order valence-electron chi connectivity index (χ3n) is 5.70. The maximum absolute atomic E-state index is 5.97. The van der Waals surface area contributed by atoms with Gasteiger partial charge in [-0.15, -0.1) is 0 Å². The molecule has 0 radical (unpaired) electrons. The highest BCUT2D eigenvalue weighted by molar-refractivity contribution is 8.03. The van der Waals surface area contributed by atoms with Crippen molar-refractivity contribution in [3.8, 4) is 0 Å². The number of thioether (sulfide) groups is 1. The van der Waals surface area contributed by atoms with Crippen molar-refractivity contribution < 1.29 is 18.9 Å². The molecule has 1 aliphatic carbocycles. The number of methoxy groups -OCH3 is 4. The quantitative estimate of drug-likeness (QED) is 0.303. The first-order valence-electron chi connectivity index (χ1n) is 10.8. The number of hydrogen-bond donors (Lipinski definition) is 0. The molecule has 0 unspecified atom stereocenters. The molecule has 0 aliphatic heterocycles. The van der Waals surface area contributed by atoms with Crippen LogP contribution in [0.2, 0.25) is 0 Å². The summed E-state index contributed by atoms with van der Waals surface area (Å²) in [5.41, 5.74) is 1.77. The monoisotopic (exact) mass is 492 g/mol. The fourth-order valence-electron chi connectivity index (χ4n) is 3.86. The van der Waals surface area contributed by atoms with Gasteiger partial charge in [0.2, 0.25) is 11.6 Å². The van der Waals surface area contributed by atoms with Gasteiger partial charge in [0.05, 0.1) is 4.91 Å². The second-order valence-corrected chi connectivity index (χ2v) is 9.83. The van der Waals surface area contributed by atoms with Crippen LogP contribution < -0.4 is 0 Å². The summed E-state index contributed by atoms with van der Waals surface area (Å²) in [7, 11) is 6.57. The van der Waals surface area contributed by atoms with E-state index in [1.54, 1.807) is 52.0 Å². The Hall–Kier alpha value is -2.32. The van der Waals surface area contributed by atoms with Crippen LogP contribution in [0.4, 0.5) is 0 Å². The van der Waals surface area contributed by atoms with E-state index in [9.17, 15) is 0 Å². The lowest BCUT2D eigenvalue weighted by Gasteiger charge is -2.41. The fourth-order valence-corrected chi connectivity index (χ4v) is 5.83. The minimum absolute atomic E-state index is 0.815. The van der Waals surface area contributed by atoms with Gasteiger partial charge < -0.3 is 18.9 Å². The Morgan fingerprint density at radius 2 is 0.971 bits per heavy atom. The van der Waals surface area contributed by atoms with E-state index in [4.69, 9.17) is 18.9 Å². The minimum atomic E-state index is -1.09. The van der Waals surface area contributed by atoms with E-state index in [0.29, 0.717) is 0 Å². The molecule has 0 N–H and O–H groups in total. The topological polar surface area (TPSA) is 36.9 Å². The van der Waals surface area contributed by atoms with E-state index in [0.717, 1.165) is 25.8 Å². The predicted molar refractivity (Wildman–Crippen MR) is 139 cm³/mol. The van der Waals surface area contributed by atoms with Crippen molar-refractivity contribution >= 4 is 29.1 Å². The lowest BCUT2D eigenvalue weighted by atomic mass is 9.89. The van der Waals surface area contributed by atoms with E-state index >= 15 is 0 Å². The Bertz CT molecular complexity index is 1130. The molecule has 4 nitrogen and oxygen atoms in total. The van der Waals surface area contributed by atoms with Crippen molar-refractivity contribution in [2.75, 3.05) is 28.4 Å². The average molecular weight is 493 g/mol. The zero-order valence-electron chi connectivity index (χ0n) is 19.7. The standard InChI is InChI=1S/C28H28O4S2/c1-29-27(30-2)20-26(34-23-13-9-6-10-14-23)28(31-3,32-4)19-25(27)21-15-17-24(18-16-21)33-22-11-7-5-8-12-22/h5-20H,1-4H3. The van der Waals surface area contributed by atoms with Gasteiger partial charge in [-0.1, -0.05) is 72.1 Å². The van der Waals surface area contributed by atoms with Crippen LogP contribution in [0.3, 0.4) is 0 Å². The van der Waals surface area contributed by atoms with Gasteiger partial charge >= 0.3 is 0 Å². The van der Waals surface area contributed by atoms with Crippen molar-refractivity contribution in [1.82, 2.24) is 0 Å². The first-order valence-corrected chi connectivity index (χ1v) is 12.4. The van der Waals surface area contributed by atoms with Crippen LogP contribution in [-0.4, -0.2) is 40.0 Å². The van der Waals surface area contributed by atoms with E-state index < -0.39 is 11.6 Å². The molecule has 0 spiro atoms. The molecule has 3 aromatic rings. The highest BCUT2D eigenvalue weighted by atomic mass is 32.2. The molecule has 6 heteroatoms. The van der Waals surface area contributed by atoms with Crippen molar-refractivity contribution in [3.05, 3.63) is 108 Å². The van der Waals surface area contributed by atoms with Gasteiger partial charge in [-0.2, -0.15) is 0 Å². The van der Waals surface area contributed by atoms with Crippen molar-refractivity contribution in [2.45, 2.75) is 26.3 Å². The molecule has 0 bridgehead atoms. The molecular formula is C28H28O4S2. The van der Waals surface area contributed by atoms with Crippen LogP contribution >= 0.6 is 23.5 Å². The molecule has 34 heavy (non-hydrogen) atoms.